The smallest absolute Gasteiger partial charge is 0.111 e. The molecule has 4 heteroatoms. The second kappa shape index (κ2) is 4.33. The maximum Gasteiger partial charge on any atom is 0.111 e. The van der Waals surface area contributed by atoms with Crippen LogP contribution >= 0.6 is 0 Å². The molecule has 1 fully saturated rings. The lowest BCUT2D eigenvalue weighted by Crippen LogP contribution is -2.32. The molecule has 0 aliphatic carbocycles. The van der Waals surface area contributed by atoms with Gasteiger partial charge < -0.3 is 14.4 Å². The van der Waals surface area contributed by atoms with Gasteiger partial charge in [0.15, 0.2) is 0 Å². The molecule has 2 heterocycles. The third kappa shape index (κ3) is 2.21. The number of aromatic nitrogens is 2. The minimum atomic E-state index is -0.441. The Balaban J connectivity index is 1.97. The van der Waals surface area contributed by atoms with Crippen LogP contribution in [-0.2, 0) is 18.2 Å². The third-order valence-corrected chi connectivity index (χ3v) is 3.14. The average molecular weight is 210 g/mol. The molecule has 1 aliphatic heterocycles. The molecule has 15 heavy (non-hydrogen) atoms. The van der Waals surface area contributed by atoms with Gasteiger partial charge in [-0.15, -0.1) is 0 Å². The number of nitrogens with zero attached hydrogens (tertiary/aromatic N) is 2. The van der Waals surface area contributed by atoms with Crippen molar-refractivity contribution in [3.8, 4) is 0 Å². The predicted molar refractivity (Wildman–Crippen MR) is 56.4 cm³/mol. The van der Waals surface area contributed by atoms with Gasteiger partial charge in [0.05, 0.1) is 12.2 Å². The Morgan fingerprint density at radius 1 is 1.73 bits per heavy atom. The first-order chi connectivity index (χ1) is 7.18. The Bertz CT molecular complexity index is 324. The molecule has 0 spiro atoms. The van der Waals surface area contributed by atoms with Gasteiger partial charge >= 0.3 is 0 Å². The van der Waals surface area contributed by atoms with Gasteiger partial charge in [0.25, 0.3) is 0 Å². The number of ether oxygens (including phenoxy) is 1. The first-order valence-electron chi connectivity index (χ1n) is 5.44. The van der Waals surface area contributed by atoms with Crippen LogP contribution in [0.5, 0.6) is 0 Å². The van der Waals surface area contributed by atoms with Crippen LogP contribution in [0.3, 0.4) is 0 Å². The summed E-state index contributed by atoms with van der Waals surface area (Å²) in [7, 11) is 1.94. The van der Waals surface area contributed by atoms with Crippen LogP contribution in [0.2, 0.25) is 0 Å². The van der Waals surface area contributed by atoms with Gasteiger partial charge in [-0.3, -0.25) is 0 Å². The average Bonchev–Trinajstić information content (AvgIpc) is 2.76. The molecule has 4 nitrogen and oxygen atoms in total. The van der Waals surface area contributed by atoms with Crippen molar-refractivity contribution in [3.05, 3.63) is 18.2 Å². The van der Waals surface area contributed by atoms with Gasteiger partial charge in [-0.05, 0) is 12.3 Å². The zero-order chi connectivity index (χ0) is 10.8. The lowest BCUT2D eigenvalue weighted by molar-refractivity contribution is -0.0168. The van der Waals surface area contributed by atoms with Crippen LogP contribution in [0, 0.1) is 5.92 Å². The molecule has 0 bridgehead atoms. The van der Waals surface area contributed by atoms with E-state index in [1.807, 2.05) is 17.8 Å². The molecule has 0 saturated carbocycles. The SMILES string of the molecule is CC1CCOC1C(O)Cc1nccn1C. The summed E-state index contributed by atoms with van der Waals surface area (Å²) in [6.07, 6.45) is 4.79. The lowest BCUT2D eigenvalue weighted by atomic mass is 9.97. The van der Waals surface area contributed by atoms with Gasteiger partial charge in [0, 0.05) is 32.5 Å². The topological polar surface area (TPSA) is 47.3 Å². The molecule has 0 radical (unpaired) electrons. The van der Waals surface area contributed by atoms with Crippen molar-refractivity contribution in [1.29, 1.82) is 0 Å². The quantitative estimate of drug-likeness (QED) is 0.800. The fourth-order valence-corrected chi connectivity index (χ4v) is 2.11. The molecule has 1 aliphatic rings. The first-order valence-corrected chi connectivity index (χ1v) is 5.44. The Hall–Kier alpha value is -0.870. The fourth-order valence-electron chi connectivity index (χ4n) is 2.11. The van der Waals surface area contributed by atoms with Crippen LogP contribution in [0.1, 0.15) is 19.2 Å². The Morgan fingerprint density at radius 2 is 2.53 bits per heavy atom. The Kier molecular flexibility index (Phi) is 3.07. The van der Waals surface area contributed by atoms with E-state index >= 15 is 0 Å². The molecule has 1 aromatic rings. The van der Waals surface area contributed by atoms with E-state index in [1.54, 1.807) is 6.20 Å². The van der Waals surface area contributed by atoms with Crippen molar-refractivity contribution in [1.82, 2.24) is 9.55 Å². The molecule has 1 N–H and O–H groups in total. The molecular weight excluding hydrogens is 192 g/mol. The molecule has 0 amide bonds. The van der Waals surface area contributed by atoms with Gasteiger partial charge in [0.2, 0.25) is 0 Å². The largest absolute Gasteiger partial charge is 0.390 e. The summed E-state index contributed by atoms with van der Waals surface area (Å²) in [5, 5.41) is 10.0. The maximum absolute atomic E-state index is 10.0. The monoisotopic (exact) mass is 210 g/mol. The van der Waals surface area contributed by atoms with E-state index in [-0.39, 0.29) is 6.10 Å². The molecule has 84 valence electrons. The summed E-state index contributed by atoms with van der Waals surface area (Å²) in [6.45, 7) is 2.89. The number of aliphatic hydroxyl groups excluding tert-OH is 1. The first kappa shape index (κ1) is 10.6. The molecule has 2 rings (SSSR count). The number of hydrogen-bond acceptors (Lipinski definition) is 3. The van der Waals surface area contributed by atoms with Gasteiger partial charge in [-0.25, -0.2) is 4.98 Å². The van der Waals surface area contributed by atoms with Crippen LogP contribution in [0.15, 0.2) is 12.4 Å². The van der Waals surface area contributed by atoms with E-state index < -0.39 is 6.10 Å². The Labute approximate surface area is 89.9 Å². The van der Waals surface area contributed by atoms with E-state index in [4.69, 9.17) is 4.74 Å². The van der Waals surface area contributed by atoms with E-state index in [0.29, 0.717) is 12.3 Å². The summed E-state index contributed by atoms with van der Waals surface area (Å²) in [5.41, 5.74) is 0. The zero-order valence-corrected chi connectivity index (χ0v) is 9.26. The minimum absolute atomic E-state index is 0.0262. The molecule has 1 aromatic heterocycles. The number of aliphatic hydroxyl groups is 1. The second-order valence-electron chi connectivity index (χ2n) is 4.33. The molecule has 1 saturated heterocycles. The third-order valence-electron chi connectivity index (χ3n) is 3.14. The second-order valence-corrected chi connectivity index (χ2v) is 4.33. The highest BCUT2D eigenvalue weighted by Crippen LogP contribution is 2.24. The van der Waals surface area contributed by atoms with Gasteiger partial charge in [-0.2, -0.15) is 0 Å². The predicted octanol–water partition coefficient (Wildman–Crippen LogP) is 0.748. The fraction of sp³-hybridized carbons (Fsp3) is 0.727. The number of aryl methyl sites for hydroxylation is 1. The molecule has 3 unspecified atom stereocenters. The highest BCUT2D eigenvalue weighted by atomic mass is 16.5. The highest BCUT2D eigenvalue weighted by molar-refractivity contribution is 4.95. The Morgan fingerprint density at radius 3 is 3.07 bits per heavy atom. The van der Waals surface area contributed by atoms with Gasteiger partial charge in [0.1, 0.15) is 5.82 Å². The molecule has 0 aromatic carbocycles. The van der Waals surface area contributed by atoms with E-state index in [0.717, 1.165) is 18.9 Å². The summed E-state index contributed by atoms with van der Waals surface area (Å²) in [6, 6.07) is 0. The van der Waals surface area contributed by atoms with Crippen molar-refractivity contribution in [2.45, 2.75) is 32.0 Å². The number of hydrogen-bond donors (Lipinski definition) is 1. The highest BCUT2D eigenvalue weighted by Gasteiger charge is 2.31. The number of imidazole rings is 1. The van der Waals surface area contributed by atoms with Crippen molar-refractivity contribution in [3.63, 3.8) is 0 Å². The normalized spacial score (nSPS) is 28.2. The number of rotatable bonds is 3. The van der Waals surface area contributed by atoms with Crippen molar-refractivity contribution < 1.29 is 9.84 Å². The maximum atomic E-state index is 10.0. The zero-order valence-electron chi connectivity index (χ0n) is 9.26. The van der Waals surface area contributed by atoms with Crippen LogP contribution in [-0.4, -0.2) is 33.5 Å². The van der Waals surface area contributed by atoms with E-state index in [9.17, 15) is 5.11 Å². The van der Waals surface area contributed by atoms with Crippen molar-refractivity contribution in [2.75, 3.05) is 6.61 Å². The summed E-state index contributed by atoms with van der Waals surface area (Å²) in [4.78, 5) is 4.20. The van der Waals surface area contributed by atoms with E-state index in [2.05, 4.69) is 11.9 Å². The summed E-state index contributed by atoms with van der Waals surface area (Å²) >= 11 is 0. The van der Waals surface area contributed by atoms with Gasteiger partial charge in [-0.1, -0.05) is 6.92 Å². The summed E-state index contributed by atoms with van der Waals surface area (Å²) < 4.78 is 7.46. The van der Waals surface area contributed by atoms with Crippen molar-refractivity contribution in [2.24, 2.45) is 13.0 Å². The summed E-state index contributed by atoms with van der Waals surface area (Å²) in [5.74, 6) is 1.35. The van der Waals surface area contributed by atoms with Crippen LogP contribution in [0.4, 0.5) is 0 Å². The molecular formula is C11H18N2O2. The lowest BCUT2D eigenvalue weighted by Gasteiger charge is -2.20. The molecule has 3 atom stereocenters. The minimum Gasteiger partial charge on any atom is -0.390 e. The van der Waals surface area contributed by atoms with Crippen LogP contribution < -0.4 is 0 Å². The van der Waals surface area contributed by atoms with Crippen molar-refractivity contribution >= 4 is 0 Å². The van der Waals surface area contributed by atoms with E-state index in [1.165, 1.54) is 0 Å². The van der Waals surface area contributed by atoms with Crippen LogP contribution in [0.25, 0.3) is 0 Å². The standard InChI is InChI=1S/C11H18N2O2/c1-8-3-6-15-11(8)9(14)7-10-12-4-5-13(10)2/h4-5,8-9,11,14H,3,6-7H2,1-2H3.